The highest BCUT2D eigenvalue weighted by molar-refractivity contribution is 7.96. The van der Waals surface area contributed by atoms with E-state index < -0.39 is 9.84 Å². The number of aldehydes is 1. The minimum atomic E-state index is -3.68. The number of allylic oxidation sites excluding steroid dienone is 2. The van der Waals surface area contributed by atoms with Gasteiger partial charge in [0, 0.05) is 5.56 Å². The predicted octanol–water partition coefficient (Wildman–Crippen LogP) is 1.46. The topological polar surface area (TPSA) is 71.4 Å². The molecule has 0 bridgehead atoms. The van der Waals surface area contributed by atoms with Crippen molar-refractivity contribution < 1.29 is 18.3 Å². The number of fused-ring (bicyclic) bond motifs is 1. The Balaban J connectivity index is 2.71. The van der Waals surface area contributed by atoms with Crippen LogP contribution in [0.1, 0.15) is 5.56 Å². The zero-order chi connectivity index (χ0) is 11.8. The molecule has 0 saturated carbocycles. The van der Waals surface area contributed by atoms with Crippen LogP contribution in [0, 0.1) is 0 Å². The van der Waals surface area contributed by atoms with Gasteiger partial charge < -0.3 is 5.11 Å². The molecule has 1 aliphatic rings. The van der Waals surface area contributed by atoms with Crippen LogP contribution in [0.25, 0.3) is 5.76 Å². The average molecular weight is 236 g/mol. The lowest BCUT2D eigenvalue weighted by molar-refractivity contribution is -0.104. The van der Waals surface area contributed by atoms with Gasteiger partial charge in [-0.3, -0.25) is 4.79 Å². The van der Waals surface area contributed by atoms with Crippen molar-refractivity contribution in [3.8, 4) is 0 Å². The number of hydrogen-bond donors (Lipinski definition) is 1. The van der Waals surface area contributed by atoms with Crippen LogP contribution in [0.3, 0.4) is 0 Å². The molecule has 1 N–H and O–H groups in total. The molecule has 0 fully saturated rings. The molecule has 5 heteroatoms. The summed E-state index contributed by atoms with van der Waals surface area (Å²) in [6.07, 6.45) is 2.59. The van der Waals surface area contributed by atoms with Gasteiger partial charge in [-0.25, -0.2) is 8.42 Å². The third-order valence-electron chi connectivity index (χ3n) is 2.28. The molecule has 0 atom stereocenters. The van der Waals surface area contributed by atoms with Crippen molar-refractivity contribution >= 4 is 21.9 Å². The van der Waals surface area contributed by atoms with Crippen LogP contribution in [-0.4, -0.2) is 19.8 Å². The highest BCUT2D eigenvalue weighted by Gasteiger charge is 2.33. The van der Waals surface area contributed by atoms with Gasteiger partial charge in [0.1, 0.15) is 17.0 Å². The normalized spacial score (nSPS) is 17.8. The van der Waals surface area contributed by atoms with Gasteiger partial charge in [-0.15, -0.1) is 0 Å². The van der Waals surface area contributed by atoms with Crippen molar-refractivity contribution in [2.45, 2.75) is 4.90 Å². The first kappa shape index (κ1) is 10.6. The third kappa shape index (κ3) is 1.37. The van der Waals surface area contributed by atoms with Crippen LogP contribution in [0.15, 0.2) is 46.2 Å². The van der Waals surface area contributed by atoms with E-state index in [9.17, 15) is 18.3 Å². The Kier molecular flexibility index (Phi) is 2.40. The Morgan fingerprint density at radius 1 is 1.19 bits per heavy atom. The smallest absolute Gasteiger partial charge is 0.210 e. The van der Waals surface area contributed by atoms with Crippen LogP contribution < -0.4 is 0 Å². The van der Waals surface area contributed by atoms with Gasteiger partial charge in [-0.1, -0.05) is 12.1 Å². The molecule has 1 aliphatic heterocycles. The summed E-state index contributed by atoms with van der Waals surface area (Å²) in [7, 11) is -3.68. The van der Waals surface area contributed by atoms with E-state index in [1.165, 1.54) is 12.1 Å². The van der Waals surface area contributed by atoms with E-state index >= 15 is 0 Å². The summed E-state index contributed by atoms with van der Waals surface area (Å²) in [5, 5.41) is 9.74. The highest BCUT2D eigenvalue weighted by Crippen LogP contribution is 2.37. The van der Waals surface area contributed by atoms with Crippen molar-refractivity contribution in [3.05, 3.63) is 46.9 Å². The molecule has 0 saturated heterocycles. The van der Waals surface area contributed by atoms with E-state index in [0.29, 0.717) is 6.29 Å². The van der Waals surface area contributed by atoms with Crippen LogP contribution in [0.5, 0.6) is 0 Å². The van der Waals surface area contributed by atoms with E-state index in [4.69, 9.17) is 0 Å². The zero-order valence-electron chi connectivity index (χ0n) is 8.12. The number of rotatable bonds is 2. The quantitative estimate of drug-likeness (QED) is 0.623. The Bertz CT molecular complexity index is 609. The number of carbonyl (C=O) groups is 1. The number of carbonyl (C=O) groups excluding carboxylic acids is 1. The van der Waals surface area contributed by atoms with Crippen LogP contribution >= 0.6 is 0 Å². The van der Waals surface area contributed by atoms with Gasteiger partial charge in [-0.2, -0.15) is 0 Å². The van der Waals surface area contributed by atoms with E-state index in [0.717, 1.165) is 12.2 Å². The average Bonchev–Trinajstić information content (AvgIpc) is 2.46. The molecular formula is C11H8O4S. The first-order valence-electron chi connectivity index (χ1n) is 4.48. The molecular weight excluding hydrogens is 228 g/mol. The van der Waals surface area contributed by atoms with Gasteiger partial charge in [0.15, 0.2) is 0 Å². The fraction of sp³-hybridized carbons (Fsp3) is 0. The van der Waals surface area contributed by atoms with Crippen LogP contribution in [0.2, 0.25) is 0 Å². The first-order valence-corrected chi connectivity index (χ1v) is 5.97. The van der Waals surface area contributed by atoms with Gasteiger partial charge >= 0.3 is 0 Å². The molecule has 1 heterocycles. The summed E-state index contributed by atoms with van der Waals surface area (Å²) < 4.78 is 23.8. The molecule has 2 rings (SSSR count). The molecule has 0 spiro atoms. The Morgan fingerprint density at radius 2 is 1.88 bits per heavy atom. The maximum atomic E-state index is 11.9. The summed E-state index contributed by atoms with van der Waals surface area (Å²) in [6, 6.07) is 6.15. The molecule has 82 valence electrons. The minimum Gasteiger partial charge on any atom is -0.506 e. The molecule has 1 aromatic carbocycles. The van der Waals surface area contributed by atoms with Crippen molar-refractivity contribution in [3.63, 3.8) is 0 Å². The highest BCUT2D eigenvalue weighted by atomic mass is 32.2. The Labute approximate surface area is 92.5 Å². The van der Waals surface area contributed by atoms with E-state index in [-0.39, 0.29) is 21.1 Å². The summed E-state index contributed by atoms with van der Waals surface area (Å²) >= 11 is 0. The molecule has 0 amide bonds. The predicted molar refractivity (Wildman–Crippen MR) is 58.4 cm³/mol. The monoisotopic (exact) mass is 236 g/mol. The Hall–Kier alpha value is -1.88. The van der Waals surface area contributed by atoms with Gasteiger partial charge in [0.05, 0.1) is 4.90 Å². The summed E-state index contributed by atoms with van der Waals surface area (Å²) in [4.78, 5) is 10.00. The molecule has 0 aromatic heterocycles. The summed E-state index contributed by atoms with van der Waals surface area (Å²) in [5.74, 6) is -0.311. The molecule has 1 aromatic rings. The van der Waals surface area contributed by atoms with Crippen molar-refractivity contribution in [2.24, 2.45) is 0 Å². The third-order valence-corrected chi connectivity index (χ3v) is 4.12. The van der Waals surface area contributed by atoms with E-state index in [1.54, 1.807) is 12.1 Å². The number of aliphatic hydroxyl groups excluding tert-OH is 1. The first-order chi connectivity index (χ1) is 7.59. The minimum absolute atomic E-state index is 0.0676. The second-order valence-corrected chi connectivity index (χ2v) is 5.09. The number of benzene rings is 1. The van der Waals surface area contributed by atoms with E-state index in [1.807, 2.05) is 0 Å². The van der Waals surface area contributed by atoms with Crippen molar-refractivity contribution in [2.75, 3.05) is 0 Å². The zero-order valence-corrected chi connectivity index (χ0v) is 8.94. The lowest BCUT2D eigenvalue weighted by Gasteiger charge is -1.96. The molecule has 16 heavy (non-hydrogen) atoms. The Morgan fingerprint density at radius 3 is 2.50 bits per heavy atom. The number of aliphatic hydroxyl groups is 1. The van der Waals surface area contributed by atoms with Gasteiger partial charge in [0.25, 0.3) is 0 Å². The van der Waals surface area contributed by atoms with Gasteiger partial charge in [-0.05, 0) is 24.3 Å². The van der Waals surface area contributed by atoms with Crippen LogP contribution in [-0.2, 0) is 14.6 Å². The van der Waals surface area contributed by atoms with E-state index in [2.05, 4.69) is 0 Å². The molecule has 4 nitrogen and oxygen atoms in total. The number of sulfone groups is 1. The second kappa shape index (κ2) is 3.61. The fourth-order valence-corrected chi connectivity index (χ4v) is 3.14. The summed E-state index contributed by atoms with van der Waals surface area (Å²) in [6.45, 7) is 0. The van der Waals surface area contributed by atoms with Gasteiger partial charge in [0.2, 0.25) is 9.84 Å². The summed E-state index contributed by atoms with van der Waals surface area (Å²) in [5.41, 5.74) is 0.271. The number of hydrogen-bond acceptors (Lipinski definition) is 4. The van der Waals surface area contributed by atoms with Crippen molar-refractivity contribution in [1.29, 1.82) is 0 Å². The maximum Gasteiger partial charge on any atom is 0.210 e. The standard InChI is InChI=1S/C11H8O4S/c12-7-3-6-10-11(13)8-4-1-2-5-9(8)16(10,14)15/h1-7,13H. The largest absolute Gasteiger partial charge is 0.506 e. The fourth-order valence-electron chi connectivity index (χ4n) is 1.57. The lowest BCUT2D eigenvalue weighted by Crippen LogP contribution is -1.98. The lowest BCUT2D eigenvalue weighted by atomic mass is 10.2. The van der Waals surface area contributed by atoms with Crippen LogP contribution in [0.4, 0.5) is 0 Å². The second-order valence-electron chi connectivity index (χ2n) is 3.21. The SMILES string of the molecule is O=CC=CC1=C(O)c2ccccc2S1(=O)=O. The molecule has 0 aliphatic carbocycles. The maximum absolute atomic E-state index is 11.9. The molecule has 0 radical (unpaired) electrons. The van der Waals surface area contributed by atoms with Crippen molar-refractivity contribution in [1.82, 2.24) is 0 Å². The molecule has 0 unspecified atom stereocenters.